The Hall–Kier alpha value is -0.980. The molecule has 6 nitrogen and oxygen atoms in total. The van der Waals surface area contributed by atoms with E-state index < -0.39 is 5.60 Å². The van der Waals surface area contributed by atoms with Crippen molar-refractivity contribution in [1.29, 1.82) is 0 Å². The van der Waals surface area contributed by atoms with Gasteiger partial charge in [-0.1, -0.05) is 5.16 Å². The smallest absolute Gasteiger partial charge is 0.213 e. The molecule has 0 aromatic carbocycles. The van der Waals surface area contributed by atoms with Crippen molar-refractivity contribution < 1.29 is 9.63 Å². The maximum Gasteiger partial charge on any atom is 0.213 e. The van der Waals surface area contributed by atoms with Gasteiger partial charge in [0.1, 0.15) is 0 Å². The lowest BCUT2D eigenvalue weighted by Crippen LogP contribution is -2.50. The van der Waals surface area contributed by atoms with Crippen LogP contribution in [0.5, 0.6) is 0 Å². The molecule has 2 heterocycles. The molecule has 96 valence electrons. The molecule has 0 amide bonds. The van der Waals surface area contributed by atoms with E-state index in [1.54, 1.807) is 0 Å². The highest BCUT2D eigenvalue weighted by atomic mass is 16.5. The number of aromatic nitrogens is 2. The second kappa shape index (κ2) is 5.12. The summed E-state index contributed by atoms with van der Waals surface area (Å²) in [7, 11) is 0. The van der Waals surface area contributed by atoms with E-state index in [4.69, 9.17) is 4.52 Å². The first-order valence-corrected chi connectivity index (χ1v) is 5.95. The second-order valence-electron chi connectivity index (χ2n) is 5.21. The van der Waals surface area contributed by atoms with Gasteiger partial charge in [-0.25, -0.2) is 0 Å². The number of β-amino-alcohol motifs (C(OH)–C–C–N with tert-alkyl or cyclic N) is 1. The Morgan fingerprint density at radius 2 is 1.94 bits per heavy atom. The number of aliphatic hydroxyl groups is 1. The van der Waals surface area contributed by atoms with Crippen molar-refractivity contribution in [3.8, 4) is 0 Å². The molecule has 0 unspecified atom stereocenters. The molecular weight excluding hydrogens is 220 g/mol. The average Bonchev–Trinajstić information content (AvgIpc) is 2.71. The van der Waals surface area contributed by atoms with Crippen LogP contribution in [-0.2, 0) is 6.54 Å². The lowest BCUT2D eigenvalue weighted by Gasteiger charge is -2.36. The van der Waals surface area contributed by atoms with Gasteiger partial charge >= 0.3 is 0 Å². The van der Waals surface area contributed by atoms with Crippen LogP contribution in [0.25, 0.3) is 0 Å². The Morgan fingerprint density at radius 3 is 2.47 bits per heavy atom. The number of hydrogen-bond acceptors (Lipinski definition) is 6. The Bertz CT molecular complexity index is 326. The van der Waals surface area contributed by atoms with E-state index in [1.807, 2.05) is 13.8 Å². The van der Waals surface area contributed by atoms with Crippen molar-refractivity contribution in [2.75, 3.05) is 32.7 Å². The summed E-state index contributed by atoms with van der Waals surface area (Å²) in [6.45, 7) is 9.06. The van der Waals surface area contributed by atoms with Gasteiger partial charge in [-0.15, -0.1) is 0 Å². The highest BCUT2D eigenvalue weighted by Gasteiger charge is 2.23. The number of hydrogen-bond donors (Lipinski definition) is 1. The van der Waals surface area contributed by atoms with Gasteiger partial charge < -0.3 is 9.63 Å². The summed E-state index contributed by atoms with van der Waals surface area (Å²) >= 11 is 0. The molecule has 1 aromatic rings. The Balaban J connectivity index is 1.74. The van der Waals surface area contributed by atoms with Crippen LogP contribution in [0.1, 0.15) is 19.7 Å². The first kappa shape index (κ1) is 12.5. The van der Waals surface area contributed by atoms with Crippen LogP contribution in [0, 0.1) is 0 Å². The molecule has 0 aliphatic carbocycles. The SMILES string of the molecule is CC(C)(O)CN1CCN(Cc2ncon2)CC1. The van der Waals surface area contributed by atoms with Crippen molar-refractivity contribution in [3.05, 3.63) is 12.2 Å². The van der Waals surface area contributed by atoms with Crippen LogP contribution >= 0.6 is 0 Å². The van der Waals surface area contributed by atoms with Crippen molar-refractivity contribution >= 4 is 0 Å². The summed E-state index contributed by atoms with van der Waals surface area (Å²) in [5, 5.41) is 13.6. The standard InChI is InChI=1S/C11H20N4O2/c1-11(2,16)8-15-5-3-14(4-6-15)7-10-12-9-17-13-10/h9,16H,3-8H2,1-2H3. The largest absolute Gasteiger partial charge is 0.389 e. The van der Waals surface area contributed by atoms with E-state index in [9.17, 15) is 5.11 Å². The monoisotopic (exact) mass is 240 g/mol. The third kappa shape index (κ3) is 4.07. The Kier molecular flexibility index (Phi) is 3.76. The molecule has 1 aliphatic rings. The molecule has 0 atom stereocenters. The fourth-order valence-electron chi connectivity index (χ4n) is 2.11. The number of piperazine rings is 1. The fraction of sp³-hybridized carbons (Fsp3) is 0.818. The molecule has 0 saturated carbocycles. The van der Waals surface area contributed by atoms with Crippen molar-refractivity contribution in [2.24, 2.45) is 0 Å². The molecule has 0 radical (unpaired) electrons. The zero-order chi connectivity index (χ0) is 12.3. The van der Waals surface area contributed by atoms with Gasteiger partial charge in [0.15, 0.2) is 5.82 Å². The van der Waals surface area contributed by atoms with Gasteiger partial charge in [0.25, 0.3) is 0 Å². The van der Waals surface area contributed by atoms with Crippen molar-refractivity contribution in [2.45, 2.75) is 26.0 Å². The van der Waals surface area contributed by atoms with Crippen molar-refractivity contribution in [1.82, 2.24) is 19.9 Å². The quantitative estimate of drug-likeness (QED) is 0.796. The topological polar surface area (TPSA) is 65.6 Å². The van der Waals surface area contributed by atoms with E-state index in [0.717, 1.165) is 45.1 Å². The second-order valence-corrected chi connectivity index (χ2v) is 5.21. The highest BCUT2D eigenvalue weighted by molar-refractivity contribution is 4.82. The third-order valence-corrected chi connectivity index (χ3v) is 2.85. The minimum atomic E-state index is -0.615. The maximum absolute atomic E-state index is 9.76. The van der Waals surface area contributed by atoms with E-state index in [2.05, 4.69) is 19.9 Å². The zero-order valence-corrected chi connectivity index (χ0v) is 10.5. The number of nitrogens with zero attached hydrogens (tertiary/aromatic N) is 4. The molecule has 1 saturated heterocycles. The maximum atomic E-state index is 9.76. The molecule has 0 bridgehead atoms. The van der Waals surface area contributed by atoms with E-state index >= 15 is 0 Å². The van der Waals surface area contributed by atoms with E-state index in [1.165, 1.54) is 6.39 Å². The third-order valence-electron chi connectivity index (χ3n) is 2.85. The van der Waals surface area contributed by atoms with Gasteiger partial charge in [-0.05, 0) is 13.8 Å². The van der Waals surface area contributed by atoms with Gasteiger partial charge in [-0.3, -0.25) is 9.80 Å². The van der Waals surface area contributed by atoms with Crippen LogP contribution in [0.15, 0.2) is 10.9 Å². The summed E-state index contributed by atoms with van der Waals surface area (Å²) < 4.78 is 4.71. The lowest BCUT2D eigenvalue weighted by atomic mass is 10.1. The normalized spacial score (nSPS) is 19.7. The summed E-state index contributed by atoms with van der Waals surface area (Å²) in [5.41, 5.74) is -0.615. The summed E-state index contributed by atoms with van der Waals surface area (Å²) in [6, 6.07) is 0. The summed E-state index contributed by atoms with van der Waals surface area (Å²) in [4.78, 5) is 8.60. The van der Waals surface area contributed by atoms with Crippen LogP contribution in [0.4, 0.5) is 0 Å². The fourth-order valence-corrected chi connectivity index (χ4v) is 2.11. The minimum Gasteiger partial charge on any atom is -0.389 e. The zero-order valence-electron chi connectivity index (χ0n) is 10.5. The lowest BCUT2D eigenvalue weighted by molar-refractivity contribution is 0.0162. The Morgan fingerprint density at radius 1 is 1.29 bits per heavy atom. The summed E-state index contributed by atoms with van der Waals surface area (Å²) in [5.74, 6) is 0.737. The predicted octanol–water partition coefficient (Wildman–Crippen LogP) is -0.0419. The molecular formula is C11H20N4O2. The molecule has 1 N–H and O–H groups in total. The first-order chi connectivity index (χ1) is 8.03. The molecule has 1 aliphatic heterocycles. The van der Waals surface area contributed by atoms with Crippen LogP contribution < -0.4 is 0 Å². The average molecular weight is 240 g/mol. The Labute approximate surface area is 101 Å². The van der Waals surface area contributed by atoms with Crippen LogP contribution in [0.2, 0.25) is 0 Å². The minimum absolute atomic E-state index is 0.615. The van der Waals surface area contributed by atoms with Gasteiger partial charge in [-0.2, -0.15) is 4.98 Å². The molecule has 1 aromatic heterocycles. The number of rotatable bonds is 4. The van der Waals surface area contributed by atoms with Gasteiger partial charge in [0.2, 0.25) is 6.39 Å². The van der Waals surface area contributed by atoms with E-state index in [0.29, 0.717) is 0 Å². The van der Waals surface area contributed by atoms with E-state index in [-0.39, 0.29) is 0 Å². The van der Waals surface area contributed by atoms with Gasteiger partial charge in [0, 0.05) is 32.7 Å². The molecule has 2 rings (SSSR count). The summed E-state index contributed by atoms with van der Waals surface area (Å²) in [6.07, 6.45) is 1.36. The molecule has 17 heavy (non-hydrogen) atoms. The van der Waals surface area contributed by atoms with Crippen LogP contribution in [-0.4, -0.2) is 63.4 Å². The highest BCUT2D eigenvalue weighted by Crippen LogP contribution is 2.09. The first-order valence-electron chi connectivity index (χ1n) is 5.95. The molecule has 1 fully saturated rings. The van der Waals surface area contributed by atoms with Crippen LogP contribution in [0.3, 0.4) is 0 Å². The molecule has 0 spiro atoms. The van der Waals surface area contributed by atoms with Gasteiger partial charge in [0.05, 0.1) is 12.1 Å². The predicted molar refractivity (Wildman–Crippen MR) is 62.3 cm³/mol. The molecule has 6 heteroatoms. The van der Waals surface area contributed by atoms with Crippen molar-refractivity contribution in [3.63, 3.8) is 0 Å².